The smallest absolute Gasteiger partial charge is 0.274 e. The van der Waals surface area contributed by atoms with Crippen LogP contribution >= 0.6 is 0 Å². The molecule has 1 atom stereocenters. The number of nitrogens with zero attached hydrogens (tertiary/aromatic N) is 1. The van der Waals surface area contributed by atoms with Crippen LogP contribution in [0.5, 0.6) is 0 Å². The van der Waals surface area contributed by atoms with Gasteiger partial charge in [-0.2, -0.15) is 0 Å². The molecule has 2 aliphatic rings. The molecule has 1 saturated carbocycles. The van der Waals surface area contributed by atoms with Crippen molar-refractivity contribution in [3.8, 4) is 0 Å². The first kappa shape index (κ1) is 16.0. The monoisotopic (exact) mass is 316 g/mol. The molecule has 0 heterocycles. The Balaban J connectivity index is 1.72. The van der Waals surface area contributed by atoms with Gasteiger partial charge in [0.1, 0.15) is 0 Å². The molecule has 2 amide bonds. The Morgan fingerprint density at radius 2 is 2.04 bits per heavy atom. The molecule has 5 heteroatoms. The van der Waals surface area contributed by atoms with Gasteiger partial charge in [0.15, 0.2) is 0 Å². The molecule has 0 saturated heterocycles. The van der Waals surface area contributed by atoms with Gasteiger partial charge in [-0.3, -0.25) is 14.8 Å². The van der Waals surface area contributed by atoms with Gasteiger partial charge in [-0.15, -0.1) is 0 Å². The number of aryl methyl sites for hydroxylation is 1. The summed E-state index contributed by atoms with van der Waals surface area (Å²) in [4.78, 5) is 26.4. The summed E-state index contributed by atoms with van der Waals surface area (Å²) in [6.07, 6.45) is 5.90. The molecule has 1 aromatic rings. The number of benzene rings is 1. The van der Waals surface area contributed by atoms with E-state index >= 15 is 0 Å². The molecule has 0 bridgehead atoms. The van der Waals surface area contributed by atoms with E-state index in [2.05, 4.69) is 11.8 Å². The molecule has 2 N–H and O–H groups in total. The summed E-state index contributed by atoms with van der Waals surface area (Å²) in [7, 11) is 0. The Kier molecular flexibility index (Phi) is 4.66. The largest absolute Gasteiger partial charge is 0.340 e. The van der Waals surface area contributed by atoms with Crippen molar-refractivity contribution >= 4 is 11.8 Å². The highest BCUT2D eigenvalue weighted by atomic mass is 16.5. The van der Waals surface area contributed by atoms with Crippen LogP contribution in [0.1, 0.15) is 54.1 Å². The minimum Gasteiger partial charge on any atom is -0.340 e. The number of carbonyl (C=O) groups excluding carboxylic acids is 2. The third-order valence-corrected chi connectivity index (χ3v) is 5.29. The molecule has 3 rings (SSSR count). The maximum Gasteiger partial charge on any atom is 0.274 e. The zero-order valence-electron chi connectivity index (χ0n) is 13.5. The SMILES string of the molecule is CCN(C(=O)C1CCc2cc(C(=O)NO)ccc2C1)C1CCC1. The van der Waals surface area contributed by atoms with Crippen LogP contribution in [0.4, 0.5) is 0 Å². The molecule has 1 aromatic carbocycles. The maximum atomic E-state index is 12.8. The Labute approximate surface area is 136 Å². The van der Waals surface area contributed by atoms with Crippen LogP contribution in [0.2, 0.25) is 0 Å². The fourth-order valence-corrected chi connectivity index (χ4v) is 3.70. The predicted molar refractivity (Wildman–Crippen MR) is 86.2 cm³/mol. The van der Waals surface area contributed by atoms with Crippen molar-refractivity contribution in [2.75, 3.05) is 6.54 Å². The van der Waals surface area contributed by atoms with E-state index in [4.69, 9.17) is 5.21 Å². The van der Waals surface area contributed by atoms with Crippen LogP contribution in [0.25, 0.3) is 0 Å². The van der Waals surface area contributed by atoms with Gasteiger partial charge in [0, 0.05) is 24.1 Å². The van der Waals surface area contributed by atoms with E-state index in [0.29, 0.717) is 17.5 Å². The molecule has 1 unspecified atom stereocenters. The lowest BCUT2D eigenvalue weighted by Crippen LogP contribution is -2.47. The first-order chi connectivity index (χ1) is 11.1. The summed E-state index contributed by atoms with van der Waals surface area (Å²) in [6, 6.07) is 5.90. The second-order valence-corrected chi connectivity index (χ2v) is 6.57. The van der Waals surface area contributed by atoms with E-state index in [9.17, 15) is 9.59 Å². The van der Waals surface area contributed by atoms with Crippen molar-refractivity contribution in [3.05, 3.63) is 34.9 Å². The molecular formula is C18H24N2O3. The standard InChI is InChI=1S/C18H24N2O3/c1-2-20(16-4-3-5-16)18(22)15-9-7-12-10-14(17(21)19-23)8-6-13(12)11-15/h6,8,10,15-16,23H,2-5,7,9,11H2,1H3,(H,19,21). The highest BCUT2D eigenvalue weighted by Gasteiger charge is 2.33. The third kappa shape index (κ3) is 3.11. The van der Waals surface area contributed by atoms with Crippen molar-refractivity contribution in [1.82, 2.24) is 10.4 Å². The minimum absolute atomic E-state index is 0.0561. The van der Waals surface area contributed by atoms with E-state index in [-0.39, 0.29) is 5.92 Å². The fraction of sp³-hybridized carbons (Fsp3) is 0.556. The van der Waals surface area contributed by atoms with E-state index < -0.39 is 5.91 Å². The number of hydrogen-bond donors (Lipinski definition) is 2. The van der Waals surface area contributed by atoms with Gasteiger partial charge in [-0.05, 0) is 68.7 Å². The fourth-order valence-electron chi connectivity index (χ4n) is 3.70. The lowest BCUT2D eigenvalue weighted by Gasteiger charge is -2.39. The molecule has 124 valence electrons. The van der Waals surface area contributed by atoms with Gasteiger partial charge >= 0.3 is 0 Å². The van der Waals surface area contributed by atoms with Gasteiger partial charge in [0.2, 0.25) is 5.91 Å². The minimum atomic E-state index is -0.492. The van der Waals surface area contributed by atoms with Crippen molar-refractivity contribution in [1.29, 1.82) is 0 Å². The van der Waals surface area contributed by atoms with Gasteiger partial charge in [0.25, 0.3) is 5.91 Å². The van der Waals surface area contributed by atoms with E-state index in [1.54, 1.807) is 11.5 Å². The second kappa shape index (κ2) is 6.71. The van der Waals surface area contributed by atoms with Crippen molar-refractivity contribution in [3.63, 3.8) is 0 Å². The van der Waals surface area contributed by atoms with Crippen LogP contribution in [0.3, 0.4) is 0 Å². The summed E-state index contributed by atoms with van der Waals surface area (Å²) in [6.45, 7) is 2.86. The predicted octanol–water partition coefficient (Wildman–Crippen LogP) is 2.31. The first-order valence-electron chi connectivity index (χ1n) is 8.50. The van der Waals surface area contributed by atoms with Crippen LogP contribution in [-0.2, 0) is 17.6 Å². The zero-order chi connectivity index (χ0) is 16.4. The zero-order valence-corrected chi connectivity index (χ0v) is 13.5. The number of nitrogens with one attached hydrogen (secondary N) is 1. The number of carbonyl (C=O) groups is 2. The Morgan fingerprint density at radius 1 is 1.26 bits per heavy atom. The normalized spacial score (nSPS) is 20.3. The third-order valence-electron chi connectivity index (χ3n) is 5.29. The Bertz CT molecular complexity index is 610. The lowest BCUT2D eigenvalue weighted by molar-refractivity contribution is -0.139. The van der Waals surface area contributed by atoms with Crippen LogP contribution in [-0.4, -0.2) is 34.5 Å². The summed E-state index contributed by atoms with van der Waals surface area (Å²) < 4.78 is 0. The van der Waals surface area contributed by atoms with Gasteiger partial charge < -0.3 is 4.90 Å². The lowest BCUT2D eigenvalue weighted by atomic mass is 9.81. The average molecular weight is 316 g/mol. The van der Waals surface area contributed by atoms with Crippen LogP contribution in [0.15, 0.2) is 18.2 Å². The van der Waals surface area contributed by atoms with Gasteiger partial charge in [-0.25, -0.2) is 5.48 Å². The quantitative estimate of drug-likeness (QED) is 0.661. The van der Waals surface area contributed by atoms with Crippen LogP contribution < -0.4 is 5.48 Å². The molecule has 23 heavy (non-hydrogen) atoms. The summed E-state index contributed by atoms with van der Waals surface area (Å²) in [5.74, 6) is -0.145. The first-order valence-corrected chi connectivity index (χ1v) is 8.50. The van der Waals surface area contributed by atoms with E-state index in [1.165, 1.54) is 6.42 Å². The van der Waals surface area contributed by atoms with Gasteiger partial charge in [-0.1, -0.05) is 6.07 Å². The maximum absolute atomic E-state index is 12.8. The number of fused-ring (bicyclic) bond motifs is 1. The topological polar surface area (TPSA) is 69.6 Å². The Morgan fingerprint density at radius 3 is 2.65 bits per heavy atom. The number of hydrogen-bond acceptors (Lipinski definition) is 3. The molecule has 5 nitrogen and oxygen atoms in total. The number of rotatable bonds is 4. The van der Waals surface area contributed by atoms with Crippen LogP contribution in [0, 0.1) is 5.92 Å². The number of amides is 2. The van der Waals surface area contributed by atoms with Gasteiger partial charge in [0.05, 0.1) is 0 Å². The highest BCUT2D eigenvalue weighted by molar-refractivity contribution is 5.93. The second-order valence-electron chi connectivity index (χ2n) is 6.57. The molecule has 0 radical (unpaired) electrons. The number of hydroxylamine groups is 1. The molecular weight excluding hydrogens is 292 g/mol. The van der Waals surface area contributed by atoms with Crippen molar-refractivity contribution in [2.45, 2.75) is 51.5 Å². The van der Waals surface area contributed by atoms with E-state index in [1.807, 2.05) is 12.1 Å². The highest BCUT2D eigenvalue weighted by Crippen LogP contribution is 2.31. The van der Waals surface area contributed by atoms with Crippen molar-refractivity contribution < 1.29 is 14.8 Å². The Hall–Kier alpha value is -1.88. The summed E-state index contributed by atoms with van der Waals surface area (Å²) in [5.41, 5.74) is 4.38. The molecule has 2 aliphatic carbocycles. The molecule has 0 aliphatic heterocycles. The summed E-state index contributed by atoms with van der Waals surface area (Å²) >= 11 is 0. The molecule has 0 aromatic heterocycles. The van der Waals surface area contributed by atoms with E-state index in [0.717, 1.165) is 49.8 Å². The average Bonchev–Trinajstić information content (AvgIpc) is 2.55. The molecule has 0 spiro atoms. The molecule has 1 fully saturated rings. The summed E-state index contributed by atoms with van der Waals surface area (Å²) in [5, 5.41) is 8.73. The van der Waals surface area contributed by atoms with Crippen molar-refractivity contribution in [2.24, 2.45) is 5.92 Å².